The van der Waals surface area contributed by atoms with Gasteiger partial charge in [0.05, 0.1) is 10.8 Å². The number of hydrogen-bond donors (Lipinski definition) is 1. The Labute approximate surface area is 141 Å². The van der Waals surface area contributed by atoms with Gasteiger partial charge in [0.1, 0.15) is 0 Å². The van der Waals surface area contributed by atoms with Crippen LogP contribution in [0.3, 0.4) is 0 Å². The van der Waals surface area contributed by atoms with Gasteiger partial charge < -0.3 is 5.32 Å². The Kier molecular flexibility index (Phi) is 3.51. The number of nitrogens with one attached hydrogen (secondary N) is 1. The van der Waals surface area contributed by atoms with Crippen molar-refractivity contribution in [3.8, 4) is 0 Å². The average Bonchev–Trinajstić information content (AvgIpc) is 3.25. The monoisotopic (exact) mass is 326 g/mol. The second-order valence-corrected chi connectivity index (χ2v) is 7.10. The fourth-order valence-corrected chi connectivity index (χ4v) is 4.06. The summed E-state index contributed by atoms with van der Waals surface area (Å²) in [5, 5.41) is 4.10. The number of benzene rings is 1. The second-order valence-electron chi connectivity index (χ2n) is 6.66. The predicted molar refractivity (Wildman–Crippen MR) is 90.8 cm³/mol. The lowest BCUT2D eigenvalue weighted by atomic mass is 9.69. The Balaban J connectivity index is 1.76. The molecule has 1 aliphatic heterocycles. The number of rotatable bonds is 4. The lowest BCUT2D eigenvalue weighted by molar-refractivity contribution is -0.126. The molecule has 1 aromatic heterocycles. The number of halogens is 1. The van der Waals surface area contributed by atoms with Crippen molar-refractivity contribution in [2.45, 2.75) is 30.1 Å². The summed E-state index contributed by atoms with van der Waals surface area (Å²) in [6.07, 6.45) is 6.28. The first-order valence-corrected chi connectivity index (χ1v) is 8.47. The zero-order valence-electron chi connectivity index (χ0n) is 12.9. The summed E-state index contributed by atoms with van der Waals surface area (Å²) >= 11 is 6.01. The van der Waals surface area contributed by atoms with Crippen molar-refractivity contribution in [2.75, 3.05) is 13.1 Å². The predicted octanol–water partition coefficient (Wildman–Crippen LogP) is 3.27. The third-order valence-corrected chi connectivity index (χ3v) is 5.66. The number of carbonyl (C=O) groups excluding carboxylic acids is 1. The molecular weight excluding hydrogens is 308 g/mol. The van der Waals surface area contributed by atoms with Crippen LogP contribution in [-0.2, 0) is 15.6 Å². The Bertz CT molecular complexity index is 717. The summed E-state index contributed by atoms with van der Waals surface area (Å²) in [7, 11) is 0. The van der Waals surface area contributed by atoms with Crippen LogP contribution >= 0.6 is 11.6 Å². The molecule has 0 unspecified atom stereocenters. The molecule has 4 rings (SSSR count). The van der Waals surface area contributed by atoms with E-state index in [2.05, 4.69) is 10.3 Å². The number of pyridine rings is 1. The Morgan fingerprint density at radius 1 is 0.957 bits per heavy atom. The van der Waals surface area contributed by atoms with Crippen molar-refractivity contribution in [3.05, 3.63) is 64.9 Å². The first-order valence-electron chi connectivity index (χ1n) is 8.10. The minimum absolute atomic E-state index is 0.333. The van der Waals surface area contributed by atoms with Crippen LogP contribution in [-0.4, -0.2) is 23.9 Å². The second kappa shape index (κ2) is 5.43. The lowest BCUT2D eigenvalue weighted by Crippen LogP contribution is -2.44. The van der Waals surface area contributed by atoms with E-state index in [0.29, 0.717) is 17.4 Å². The average molecular weight is 327 g/mol. The zero-order valence-corrected chi connectivity index (χ0v) is 13.6. The molecular formula is C19H19ClN2O. The molecule has 23 heavy (non-hydrogen) atoms. The van der Waals surface area contributed by atoms with Gasteiger partial charge in [-0.05, 0) is 61.2 Å². The third kappa shape index (κ3) is 2.30. The minimum Gasteiger partial charge on any atom is -0.315 e. The molecule has 0 spiro atoms. The SMILES string of the molecule is O=C(C1(c2ccc(Cl)cc2)CC1)[C@]1(c2ccncc2)CCNC1. The summed E-state index contributed by atoms with van der Waals surface area (Å²) in [5.41, 5.74) is 1.42. The van der Waals surface area contributed by atoms with Gasteiger partial charge in [-0.3, -0.25) is 9.78 Å². The van der Waals surface area contributed by atoms with Crippen LogP contribution in [0.15, 0.2) is 48.8 Å². The summed E-state index contributed by atoms with van der Waals surface area (Å²) in [4.78, 5) is 17.8. The minimum atomic E-state index is -0.431. The molecule has 2 aromatic rings. The molecule has 2 fully saturated rings. The quantitative estimate of drug-likeness (QED) is 0.937. The Morgan fingerprint density at radius 2 is 1.61 bits per heavy atom. The van der Waals surface area contributed by atoms with Crippen molar-refractivity contribution >= 4 is 17.4 Å². The highest BCUT2D eigenvalue weighted by atomic mass is 35.5. The van der Waals surface area contributed by atoms with Gasteiger partial charge in [-0.25, -0.2) is 0 Å². The van der Waals surface area contributed by atoms with Crippen LogP contribution in [0.1, 0.15) is 30.4 Å². The molecule has 1 saturated carbocycles. The number of nitrogens with zero attached hydrogens (tertiary/aromatic N) is 1. The molecule has 0 amide bonds. The fourth-order valence-electron chi connectivity index (χ4n) is 3.93. The van der Waals surface area contributed by atoms with E-state index >= 15 is 0 Å². The van der Waals surface area contributed by atoms with E-state index in [-0.39, 0.29) is 5.41 Å². The number of carbonyl (C=O) groups is 1. The van der Waals surface area contributed by atoms with E-state index < -0.39 is 5.41 Å². The highest BCUT2D eigenvalue weighted by Crippen LogP contribution is 2.54. The number of aromatic nitrogens is 1. The summed E-state index contributed by atoms with van der Waals surface area (Å²) in [6.45, 7) is 1.59. The normalized spacial score (nSPS) is 25.3. The highest BCUT2D eigenvalue weighted by Gasteiger charge is 2.59. The van der Waals surface area contributed by atoms with E-state index in [0.717, 1.165) is 36.9 Å². The molecule has 4 heteroatoms. The molecule has 2 heterocycles. The molecule has 1 N–H and O–H groups in total. The topological polar surface area (TPSA) is 42.0 Å². The molecule has 1 aromatic carbocycles. The number of Topliss-reactive ketones (excluding diaryl/α,β-unsaturated/α-hetero) is 1. The van der Waals surface area contributed by atoms with Crippen molar-refractivity contribution in [2.24, 2.45) is 0 Å². The smallest absolute Gasteiger partial charge is 0.155 e. The number of ketones is 1. The van der Waals surface area contributed by atoms with E-state index in [4.69, 9.17) is 11.6 Å². The van der Waals surface area contributed by atoms with E-state index in [9.17, 15) is 4.79 Å². The molecule has 0 bridgehead atoms. The van der Waals surface area contributed by atoms with E-state index in [1.807, 2.05) is 36.4 Å². The van der Waals surface area contributed by atoms with Crippen LogP contribution in [0.4, 0.5) is 0 Å². The van der Waals surface area contributed by atoms with Gasteiger partial charge in [-0.1, -0.05) is 23.7 Å². The van der Waals surface area contributed by atoms with Gasteiger partial charge in [0, 0.05) is 24.0 Å². The molecule has 118 valence electrons. The van der Waals surface area contributed by atoms with Gasteiger partial charge in [-0.15, -0.1) is 0 Å². The summed E-state index contributed by atoms with van der Waals surface area (Å²) in [6, 6.07) is 11.8. The van der Waals surface area contributed by atoms with Crippen molar-refractivity contribution in [1.82, 2.24) is 10.3 Å². The Hall–Kier alpha value is -1.71. The van der Waals surface area contributed by atoms with Crippen molar-refractivity contribution in [3.63, 3.8) is 0 Å². The summed E-state index contributed by atoms with van der Waals surface area (Å²) in [5.74, 6) is 0.350. The lowest BCUT2D eigenvalue weighted by Gasteiger charge is -2.32. The van der Waals surface area contributed by atoms with Crippen LogP contribution in [0.2, 0.25) is 5.02 Å². The standard InChI is InChI=1S/C19H19ClN2O/c20-16-3-1-14(2-4-16)18(7-8-18)17(23)19(9-12-22-13-19)15-5-10-21-11-6-15/h1-6,10-11,22H,7-9,12-13H2/t19-/m1/s1. The van der Waals surface area contributed by atoms with Crippen molar-refractivity contribution < 1.29 is 4.79 Å². The van der Waals surface area contributed by atoms with Gasteiger partial charge in [0.2, 0.25) is 0 Å². The molecule has 1 saturated heterocycles. The largest absolute Gasteiger partial charge is 0.315 e. The summed E-state index contributed by atoms with van der Waals surface area (Å²) < 4.78 is 0. The Morgan fingerprint density at radius 3 is 2.17 bits per heavy atom. The highest BCUT2D eigenvalue weighted by molar-refractivity contribution is 6.30. The van der Waals surface area contributed by atoms with Gasteiger partial charge in [0.25, 0.3) is 0 Å². The zero-order chi connectivity index (χ0) is 15.9. The molecule has 0 radical (unpaired) electrons. The molecule has 2 aliphatic rings. The van der Waals surface area contributed by atoms with Gasteiger partial charge >= 0.3 is 0 Å². The van der Waals surface area contributed by atoms with Crippen LogP contribution in [0, 0.1) is 0 Å². The molecule has 1 atom stereocenters. The molecule has 3 nitrogen and oxygen atoms in total. The fraction of sp³-hybridized carbons (Fsp3) is 0.368. The maximum atomic E-state index is 13.6. The maximum Gasteiger partial charge on any atom is 0.155 e. The van der Waals surface area contributed by atoms with Crippen LogP contribution < -0.4 is 5.32 Å². The first kappa shape index (κ1) is 14.9. The van der Waals surface area contributed by atoms with E-state index in [1.54, 1.807) is 12.4 Å². The van der Waals surface area contributed by atoms with E-state index in [1.165, 1.54) is 0 Å². The third-order valence-electron chi connectivity index (χ3n) is 5.40. The van der Waals surface area contributed by atoms with Gasteiger partial charge in [-0.2, -0.15) is 0 Å². The molecule has 1 aliphatic carbocycles. The van der Waals surface area contributed by atoms with Gasteiger partial charge in [0.15, 0.2) is 5.78 Å². The first-order chi connectivity index (χ1) is 11.2. The van der Waals surface area contributed by atoms with Crippen molar-refractivity contribution in [1.29, 1.82) is 0 Å². The van der Waals surface area contributed by atoms with Crippen LogP contribution in [0.25, 0.3) is 0 Å². The van der Waals surface area contributed by atoms with Crippen LogP contribution in [0.5, 0.6) is 0 Å². The maximum absolute atomic E-state index is 13.6. The number of hydrogen-bond acceptors (Lipinski definition) is 3.